The Balaban J connectivity index is 1.14. The number of ketones is 1. The average Bonchev–Trinajstić information content (AvgIpc) is 3.38. The van der Waals surface area contributed by atoms with Crippen molar-refractivity contribution in [3.8, 4) is 28.8 Å². The number of carbonyl (C=O) groups excluding carboxylic acids is 1. The lowest BCUT2D eigenvalue weighted by molar-refractivity contribution is 0.0224. The minimum absolute atomic E-state index is 0.0371. The second-order valence-corrected chi connectivity index (χ2v) is 11.9. The molecule has 2 aliphatic rings. The fourth-order valence-electron chi connectivity index (χ4n) is 6.00. The Morgan fingerprint density at radius 3 is 2.43 bits per heavy atom. The van der Waals surface area contributed by atoms with Crippen LogP contribution in [0.2, 0.25) is 5.02 Å². The molecule has 0 saturated heterocycles. The summed E-state index contributed by atoms with van der Waals surface area (Å²) in [5, 5.41) is 0.757. The van der Waals surface area contributed by atoms with Crippen LogP contribution >= 0.6 is 11.6 Å². The third-order valence-corrected chi connectivity index (χ3v) is 8.57. The zero-order chi connectivity index (χ0) is 33.9. The topological polar surface area (TPSA) is 116 Å². The first kappa shape index (κ1) is 32.7. The van der Waals surface area contributed by atoms with Gasteiger partial charge >= 0.3 is 0 Å². The molecule has 0 aliphatic carbocycles. The molecule has 0 fully saturated rings. The summed E-state index contributed by atoms with van der Waals surface area (Å²) < 4.78 is 60.5. The third kappa shape index (κ3) is 6.87. The standard InChI is InChI=1S/C35H31ClF2N4O7/c36-24-15-21(16-29(43)33-27-3-1-2-8-41(27)42(35(33)44)28-17-22(37)5-6-25(28)38)4-7-30(24)49-34-23-18-31-32(19-26(23)39-20-40-34)48-14-12-46-10-9-45-11-13-47-31/h4-7,15,17-20H,1-3,8-14,16H2. The Hall–Kier alpha value is -4.85. The van der Waals surface area contributed by atoms with Crippen molar-refractivity contribution in [1.29, 1.82) is 0 Å². The number of fused-ring (bicyclic) bond motifs is 3. The van der Waals surface area contributed by atoms with E-state index in [2.05, 4.69) is 9.97 Å². The van der Waals surface area contributed by atoms with Crippen LogP contribution in [-0.4, -0.2) is 64.8 Å². The highest BCUT2D eigenvalue weighted by Crippen LogP contribution is 2.38. The predicted molar refractivity (Wildman–Crippen MR) is 175 cm³/mol. The number of Topliss-reactive ketones (excluding diaryl/α,β-unsaturated/α-hetero) is 1. The SMILES string of the molecule is O=C(Cc1ccc(Oc2ncnc3cc4c(cc23)OCCOCCOCCO4)c(Cl)c1)c1c2n(n(-c3cc(F)ccc3F)c1=O)CCCC2. The Kier molecular flexibility index (Phi) is 9.56. The van der Waals surface area contributed by atoms with Crippen molar-refractivity contribution in [1.82, 2.24) is 19.3 Å². The van der Waals surface area contributed by atoms with Crippen LogP contribution in [0.5, 0.6) is 23.1 Å². The van der Waals surface area contributed by atoms with Crippen molar-refractivity contribution >= 4 is 28.3 Å². The van der Waals surface area contributed by atoms with Gasteiger partial charge in [0.1, 0.15) is 48.2 Å². The number of ether oxygens (including phenoxy) is 5. The third-order valence-electron chi connectivity index (χ3n) is 8.27. The monoisotopic (exact) mass is 692 g/mol. The quantitative estimate of drug-likeness (QED) is 0.202. The van der Waals surface area contributed by atoms with Gasteiger partial charge in [-0.25, -0.2) is 23.4 Å². The molecular formula is C35H31ClF2N4O7. The molecular weight excluding hydrogens is 662 g/mol. The summed E-state index contributed by atoms with van der Waals surface area (Å²) in [6.45, 7) is 2.69. The van der Waals surface area contributed by atoms with E-state index in [1.165, 1.54) is 6.33 Å². The maximum atomic E-state index is 14.8. The first-order valence-corrected chi connectivity index (χ1v) is 16.2. The van der Waals surface area contributed by atoms with Gasteiger partial charge in [-0.3, -0.25) is 14.3 Å². The molecule has 0 amide bonds. The van der Waals surface area contributed by atoms with Crippen LogP contribution < -0.4 is 19.8 Å². The van der Waals surface area contributed by atoms with Gasteiger partial charge in [0.05, 0.1) is 48.0 Å². The molecule has 0 unspecified atom stereocenters. The van der Waals surface area contributed by atoms with E-state index in [1.807, 2.05) is 0 Å². The highest BCUT2D eigenvalue weighted by Gasteiger charge is 2.29. The van der Waals surface area contributed by atoms with Crippen LogP contribution in [-0.2, 0) is 28.9 Å². The average molecular weight is 693 g/mol. The Morgan fingerprint density at radius 2 is 1.65 bits per heavy atom. The van der Waals surface area contributed by atoms with E-state index in [1.54, 1.807) is 35.0 Å². The lowest BCUT2D eigenvalue weighted by Crippen LogP contribution is -2.25. The minimum atomic E-state index is -0.764. The van der Waals surface area contributed by atoms with Crippen LogP contribution in [0.25, 0.3) is 16.6 Å². The van der Waals surface area contributed by atoms with Gasteiger partial charge in [0.15, 0.2) is 17.3 Å². The molecule has 2 aromatic heterocycles. The molecule has 0 atom stereocenters. The van der Waals surface area contributed by atoms with Crippen LogP contribution in [0.4, 0.5) is 8.78 Å². The molecule has 0 N–H and O–H groups in total. The van der Waals surface area contributed by atoms with E-state index < -0.39 is 23.0 Å². The molecule has 2 aliphatic heterocycles. The van der Waals surface area contributed by atoms with E-state index in [-0.39, 0.29) is 34.3 Å². The fraction of sp³-hybridized carbons (Fsp3) is 0.314. The van der Waals surface area contributed by atoms with Crippen molar-refractivity contribution < 1.29 is 37.3 Å². The van der Waals surface area contributed by atoms with Crippen molar-refractivity contribution in [2.45, 2.75) is 32.2 Å². The van der Waals surface area contributed by atoms with Crippen molar-refractivity contribution in [3.63, 3.8) is 0 Å². The largest absolute Gasteiger partial charge is 0.487 e. The second kappa shape index (κ2) is 14.3. The van der Waals surface area contributed by atoms with Gasteiger partial charge in [0.25, 0.3) is 5.56 Å². The van der Waals surface area contributed by atoms with E-state index in [0.29, 0.717) is 86.3 Å². The number of carbonyl (C=O) groups is 1. The molecule has 4 heterocycles. The van der Waals surface area contributed by atoms with Gasteiger partial charge in [-0.1, -0.05) is 17.7 Å². The zero-order valence-electron chi connectivity index (χ0n) is 26.3. The normalized spacial score (nSPS) is 15.2. The summed E-state index contributed by atoms with van der Waals surface area (Å²) in [6.07, 6.45) is 3.17. The predicted octanol–water partition coefficient (Wildman–Crippen LogP) is 5.87. The molecule has 11 nitrogen and oxygen atoms in total. The molecule has 7 rings (SSSR count). The number of hydrogen-bond donors (Lipinski definition) is 0. The lowest BCUT2D eigenvalue weighted by Gasteiger charge is -2.19. The fourth-order valence-corrected chi connectivity index (χ4v) is 6.25. The molecule has 0 radical (unpaired) electrons. The van der Waals surface area contributed by atoms with Gasteiger partial charge in [-0.2, -0.15) is 0 Å². The van der Waals surface area contributed by atoms with E-state index in [0.717, 1.165) is 35.7 Å². The first-order chi connectivity index (χ1) is 23.9. The summed E-state index contributed by atoms with van der Waals surface area (Å²) in [4.78, 5) is 36.0. The summed E-state index contributed by atoms with van der Waals surface area (Å²) >= 11 is 6.64. The van der Waals surface area contributed by atoms with Gasteiger partial charge < -0.3 is 23.7 Å². The van der Waals surface area contributed by atoms with Crippen LogP contribution in [0.1, 0.15) is 34.5 Å². The number of benzene rings is 3. The molecule has 3 aromatic carbocycles. The molecule has 5 aromatic rings. The van der Waals surface area contributed by atoms with Crippen molar-refractivity contribution in [2.75, 3.05) is 39.6 Å². The highest BCUT2D eigenvalue weighted by atomic mass is 35.5. The maximum absolute atomic E-state index is 14.8. The number of nitrogens with zero attached hydrogens (tertiary/aromatic N) is 4. The summed E-state index contributed by atoms with van der Waals surface area (Å²) in [7, 11) is 0. The highest BCUT2D eigenvalue weighted by molar-refractivity contribution is 6.32. The summed E-state index contributed by atoms with van der Waals surface area (Å²) in [5.74, 6) is -0.457. The van der Waals surface area contributed by atoms with Crippen molar-refractivity contribution in [2.24, 2.45) is 0 Å². The number of halogens is 3. The van der Waals surface area contributed by atoms with Crippen LogP contribution in [0.15, 0.2) is 59.7 Å². The zero-order valence-corrected chi connectivity index (χ0v) is 27.0. The number of rotatable bonds is 6. The minimum Gasteiger partial charge on any atom is -0.487 e. The Labute approximate surface area is 283 Å². The second-order valence-electron chi connectivity index (χ2n) is 11.5. The molecule has 0 spiro atoms. The summed E-state index contributed by atoms with van der Waals surface area (Å²) in [6, 6.07) is 11.2. The molecule has 0 bridgehead atoms. The van der Waals surface area contributed by atoms with Crippen LogP contribution in [0.3, 0.4) is 0 Å². The Bertz CT molecular complexity index is 2100. The Morgan fingerprint density at radius 1 is 0.898 bits per heavy atom. The summed E-state index contributed by atoms with van der Waals surface area (Å²) in [5.41, 5.74) is 0.631. The van der Waals surface area contributed by atoms with Gasteiger partial charge in [0, 0.05) is 25.1 Å². The van der Waals surface area contributed by atoms with Gasteiger partial charge in [-0.15, -0.1) is 0 Å². The van der Waals surface area contributed by atoms with E-state index >= 15 is 0 Å². The number of hydrogen-bond acceptors (Lipinski definition) is 9. The van der Waals surface area contributed by atoms with Crippen LogP contribution in [0, 0.1) is 11.6 Å². The van der Waals surface area contributed by atoms with E-state index in [4.69, 9.17) is 35.3 Å². The molecule has 0 saturated carbocycles. The van der Waals surface area contributed by atoms with Crippen molar-refractivity contribution in [3.05, 3.63) is 98.7 Å². The number of aromatic nitrogens is 4. The smallest absolute Gasteiger partial charge is 0.282 e. The van der Waals surface area contributed by atoms with Gasteiger partial charge in [-0.05, 0) is 55.2 Å². The molecule has 14 heteroatoms. The van der Waals surface area contributed by atoms with E-state index in [9.17, 15) is 18.4 Å². The first-order valence-electron chi connectivity index (χ1n) is 15.9. The molecule has 254 valence electrons. The lowest BCUT2D eigenvalue weighted by atomic mass is 9.99. The van der Waals surface area contributed by atoms with Gasteiger partial charge in [0.2, 0.25) is 5.88 Å². The molecule has 49 heavy (non-hydrogen) atoms. The maximum Gasteiger partial charge on any atom is 0.282 e.